The van der Waals surface area contributed by atoms with Crippen LogP contribution in [0.15, 0.2) is 29.4 Å². The molecule has 0 aliphatic carbocycles. The van der Waals surface area contributed by atoms with Crippen molar-refractivity contribution < 1.29 is 36.9 Å². The maximum absolute atomic E-state index is 13.4. The summed E-state index contributed by atoms with van der Waals surface area (Å²) in [6.45, 7) is 0.264. The average molecular weight is 426 g/mol. The number of ether oxygens (including phenoxy) is 4. The number of halogens is 3. The predicted octanol–water partition coefficient (Wildman–Crippen LogP) is 3.07. The molecule has 11 heteroatoms. The van der Waals surface area contributed by atoms with Gasteiger partial charge in [0.05, 0.1) is 18.4 Å². The molecule has 3 aliphatic rings. The van der Waals surface area contributed by atoms with Crippen LogP contribution in [0.25, 0.3) is 11.3 Å². The summed E-state index contributed by atoms with van der Waals surface area (Å²) in [5.41, 5.74) is -0.535. The molecular weight excluding hydrogens is 413 g/mol. The molecular formula is C18H13F3N2O5S. The molecule has 1 aromatic carbocycles. The minimum Gasteiger partial charge on any atom is -0.454 e. The van der Waals surface area contributed by atoms with Gasteiger partial charge in [-0.3, -0.25) is 4.79 Å². The number of hydrogen-bond donors (Lipinski definition) is 0. The van der Waals surface area contributed by atoms with Gasteiger partial charge in [-0.25, -0.2) is 9.97 Å². The number of ketones is 1. The SMILES string of the molecule is O=C1C[C@H](Sc2nc(-c3ccc4c(c3)OCO4)cc(C(F)(F)F)n2)[C@@H]2CO[C@H]1O2. The van der Waals surface area contributed by atoms with Gasteiger partial charge in [-0.05, 0) is 24.3 Å². The standard InChI is InChI=1S/C18H13F3N2O5S/c19-18(20,21)15-4-9(8-1-2-11-12(3-8)27-7-26-11)22-17(23-15)29-14-5-10(24)16-25-6-13(14)28-16/h1-4,13-14,16H,5-7H2/t13-,14-,16-/m0/s1. The van der Waals surface area contributed by atoms with Crippen molar-refractivity contribution in [2.45, 2.75) is 35.4 Å². The maximum atomic E-state index is 13.4. The summed E-state index contributed by atoms with van der Waals surface area (Å²) in [7, 11) is 0. The fraction of sp³-hybridized carbons (Fsp3) is 0.389. The number of carbonyl (C=O) groups is 1. The molecule has 0 unspecified atom stereocenters. The Kier molecular flexibility index (Phi) is 4.41. The van der Waals surface area contributed by atoms with Crippen LogP contribution in [-0.4, -0.2) is 46.8 Å². The second kappa shape index (κ2) is 6.85. The summed E-state index contributed by atoms with van der Waals surface area (Å²) in [4.78, 5) is 19.9. The fourth-order valence-electron chi connectivity index (χ4n) is 3.29. The van der Waals surface area contributed by atoms with E-state index in [-0.39, 0.29) is 36.5 Å². The average Bonchev–Trinajstić information content (AvgIpc) is 3.32. The molecule has 0 amide bonds. The van der Waals surface area contributed by atoms with Crippen LogP contribution in [0.3, 0.4) is 0 Å². The third-order valence-electron chi connectivity index (χ3n) is 4.71. The number of fused-ring (bicyclic) bond motifs is 3. The van der Waals surface area contributed by atoms with Gasteiger partial charge < -0.3 is 18.9 Å². The lowest BCUT2D eigenvalue weighted by Crippen LogP contribution is -2.37. The highest BCUT2D eigenvalue weighted by Gasteiger charge is 2.44. The van der Waals surface area contributed by atoms with E-state index in [0.29, 0.717) is 17.1 Å². The lowest BCUT2D eigenvalue weighted by Gasteiger charge is -2.25. The first-order valence-electron chi connectivity index (χ1n) is 8.69. The van der Waals surface area contributed by atoms with Gasteiger partial charge in [0.2, 0.25) is 13.1 Å². The van der Waals surface area contributed by atoms with E-state index >= 15 is 0 Å². The van der Waals surface area contributed by atoms with Gasteiger partial charge in [-0.2, -0.15) is 13.2 Å². The van der Waals surface area contributed by atoms with E-state index in [1.165, 1.54) is 0 Å². The molecule has 1 aromatic heterocycles. The zero-order chi connectivity index (χ0) is 20.2. The van der Waals surface area contributed by atoms with Gasteiger partial charge in [0.15, 0.2) is 22.4 Å². The van der Waals surface area contributed by atoms with Gasteiger partial charge in [0.1, 0.15) is 5.69 Å². The van der Waals surface area contributed by atoms with Crippen molar-refractivity contribution in [3.63, 3.8) is 0 Å². The summed E-state index contributed by atoms with van der Waals surface area (Å²) in [5.74, 6) is 0.714. The number of thioether (sulfide) groups is 1. The van der Waals surface area contributed by atoms with Crippen LogP contribution in [0.2, 0.25) is 0 Å². The summed E-state index contributed by atoms with van der Waals surface area (Å²) >= 11 is 0.988. The van der Waals surface area contributed by atoms with E-state index in [2.05, 4.69) is 9.97 Å². The largest absolute Gasteiger partial charge is 0.454 e. The molecule has 0 saturated carbocycles. The minimum absolute atomic E-state index is 0.0532. The van der Waals surface area contributed by atoms with E-state index in [0.717, 1.165) is 17.8 Å². The third-order valence-corrected chi connectivity index (χ3v) is 5.88. The molecule has 7 nitrogen and oxygen atoms in total. The minimum atomic E-state index is -4.65. The molecule has 4 heterocycles. The Bertz CT molecular complexity index is 986. The van der Waals surface area contributed by atoms with E-state index < -0.39 is 29.5 Å². The van der Waals surface area contributed by atoms with Crippen LogP contribution in [0.1, 0.15) is 12.1 Å². The summed E-state index contributed by atoms with van der Waals surface area (Å²) in [6.07, 6.45) is -5.79. The van der Waals surface area contributed by atoms with Crippen molar-refractivity contribution in [1.82, 2.24) is 9.97 Å². The Morgan fingerprint density at radius 3 is 2.76 bits per heavy atom. The predicted molar refractivity (Wildman–Crippen MR) is 92.5 cm³/mol. The molecule has 2 bridgehead atoms. The number of alkyl halides is 3. The summed E-state index contributed by atoms with van der Waals surface area (Å²) in [6, 6.07) is 5.68. The normalized spacial score (nSPS) is 25.5. The first kappa shape index (κ1) is 18.6. The molecule has 3 atom stereocenters. The van der Waals surface area contributed by atoms with Crippen molar-refractivity contribution in [3.05, 3.63) is 30.0 Å². The van der Waals surface area contributed by atoms with Crippen LogP contribution in [0.5, 0.6) is 11.5 Å². The first-order chi connectivity index (χ1) is 13.9. The molecule has 5 rings (SSSR count). The topological polar surface area (TPSA) is 79.8 Å². The molecule has 2 fully saturated rings. The Morgan fingerprint density at radius 1 is 1.10 bits per heavy atom. The zero-order valence-electron chi connectivity index (χ0n) is 14.6. The molecule has 29 heavy (non-hydrogen) atoms. The highest BCUT2D eigenvalue weighted by molar-refractivity contribution is 7.99. The van der Waals surface area contributed by atoms with Gasteiger partial charge in [0, 0.05) is 17.2 Å². The smallest absolute Gasteiger partial charge is 0.433 e. The Labute approximate surface area is 166 Å². The van der Waals surface area contributed by atoms with Crippen LogP contribution in [0, 0.1) is 0 Å². The maximum Gasteiger partial charge on any atom is 0.433 e. The van der Waals surface area contributed by atoms with E-state index in [9.17, 15) is 18.0 Å². The molecule has 3 aliphatic heterocycles. The van der Waals surface area contributed by atoms with Crippen LogP contribution >= 0.6 is 11.8 Å². The van der Waals surface area contributed by atoms with Gasteiger partial charge >= 0.3 is 6.18 Å². The van der Waals surface area contributed by atoms with Crippen molar-refractivity contribution in [3.8, 4) is 22.8 Å². The number of hydrogen-bond acceptors (Lipinski definition) is 8. The highest BCUT2D eigenvalue weighted by atomic mass is 32.2. The van der Waals surface area contributed by atoms with E-state index in [4.69, 9.17) is 18.9 Å². The molecule has 2 saturated heterocycles. The quantitative estimate of drug-likeness (QED) is 0.693. The van der Waals surface area contributed by atoms with Gasteiger partial charge in [-0.1, -0.05) is 11.8 Å². The fourth-order valence-corrected chi connectivity index (χ4v) is 4.40. The lowest BCUT2D eigenvalue weighted by molar-refractivity contribution is -0.151. The van der Waals surface area contributed by atoms with Gasteiger partial charge in [0.25, 0.3) is 0 Å². The molecule has 2 aromatic rings. The van der Waals surface area contributed by atoms with Crippen molar-refractivity contribution >= 4 is 17.5 Å². The van der Waals surface area contributed by atoms with Crippen LogP contribution < -0.4 is 9.47 Å². The van der Waals surface area contributed by atoms with Crippen LogP contribution in [0.4, 0.5) is 13.2 Å². The Morgan fingerprint density at radius 2 is 1.93 bits per heavy atom. The number of Topliss-reactive ketones (excluding diaryl/α,β-unsaturated/α-hetero) is 1. The molecule has 0 N–H and O–H groups in total. The highest BCUT2D eigenvalue weighted by Crippen LogP contribution is 2.39. The number of nitrogens with zero attached hydrogens (tertiary/aromatic N) is 2. The van der Waals surface area contributed by atoms with Gasteiger partial charge in [-0.15, -0.1) is 0 Å². The van der Waals surface area contributed by atoms with Crippen LogP contribution in [-0.2, 0) is 20.4 Å². The second-order valence-corrected chi connectivity index (χ2v) is 7.86. The summed E-state index contributed by atoms with van der Waals surface area (Å²) < 4.78 is 61.5. The first-order valence-corrected chi connectivity index (χ1v) is 9.57. The second-order valence-electron chi connectivity index (χ2n) is 6.65. The number of aromatic nitrogens is 2. The Balaban J connectivity index is 1.50. The molecule has 152 valence electrons. The summed E-state index contributed by atoms with van der Waals surface area (Å²) in [5, 5.41) is -0.506. The number of rotatable bonds is 3. The number of benzene rings is 1. The molecule has 0 radical (unpaired) electrons. The lowest BCUT2D eigenvalue weighted by atomic mass is 10.1. The number of carbonyl (C=O) groups excluding carboxylic acids is 1. The van der Waals surface area contributed by atoms with E-state index in [1.54, 1.807) is 18.2 Å². The van der Waals surface area contributed by atoms with Crippen molar-refractivity contribution in [2.75, 3.05) is 13.4 Å². The van der Waals surface area contributed by atoms with Crippen molar-refractivity contribution in [2.24, 2.45) is 0 Å². The van der Waals surface area contributed by atoms with Crippen molar-refractivity contribution in [1.29, 1.82) is 0 Å². The van der Waals surface area contributed by atoms with E-state index in [1.807, 2.05) is 0 Å². The zero-order valence-corrected chi connectivity index (χ0v) is 15.5. The Hall–Kier alpha value is -2.37. The molecule has 0 spiro atoms. The third kappa shape index (κ3) is 3.53. The monoisotopic (exact) mass is 426 g/mol.